The van der Waals surface area contributed by atoms with Gasteiger partial charge in [0.25, 0.3) is 0 Å². The maximum Gasteiger partial charge on any atom is 0.410 e. The Kier molecular flexibility index (Phi) is 5.26. The van der Waals surface area contributed by atoms with Gasteiger partial charge in [0, 0.05) is 25.5 Å². The zero-order chi connectivity index (χ0) is 16.9. The van der Waals surface area contributed by atoms with Crippen LogP contribution in [0.2, 0.25) is 0 Å². The molecule has 1 amide bonds. The van der Waals surface area contributed by atoms with Gasteiger partial charge in [0.1, 0.15) is 5.60 Å². The molecule has 0 fully saturated rings. The van der Waals surface area contributed by atoms with Crippen LogP contribution in [0.4, 0.5) is 10.5 Å². The minimum Gasteiger partial charge on any atom is -0.444 e. The Balaban J connectivity index is 1.92. The zero-order valence-electron chi connectivity index (χ0n) is 14.1. The molecule has 6 nitrogen and oxygen atoms in total. The number of aromatic nitrogens is 2. The maximum atomic E-state index is 12.0. The summed E-state index contributed by atoms with van der Waals surface area (Å²) in [6.45, 7) is 6.75. The van der Waals surface area contributed by atoms with Crippen molar-refractivity contribution in [1.82, 2.24) is 15.1 Å². The lowest BCUT2D eigenvalue weighted by molar-refractivity contribution is 0.0285. The molecule has 0 bridgehead atoms. The van der Waals surface area contributed by atoms with E-state index in [0.717, 1.165) is 16.9 Å². The first-order valence-corrected chi connectivity index (χ1v) is 7.59. The van der Waals surface area contributed by atoms with E-state index in [-0.39, 0.29) is 6.09 Å². The second-order valence-electron chi connectivity index (χ2n) is 6.47. The number of hydrogen-bond donors (Lipinski definition) is 2. The number of benzene rings is 1. The summed E-state index contributed by atoms with van der Waals surface area (Å²) in [5.41, 5.74) is 2.56. The van der Waals surface area contributed by atoms with Crippen LogP contribution in [0, 0.1) is 0 Å². The van der Waals surface area contributed by atoms with Gasteiger partial charge < -0.3 is 15.0 Å². The van der Waals surface area contributed by atoms with Gasteiger partial charge in [-0.3, -0.25) is 5.10 Å². The fourth-order valence-electron chi connectivity index (χ4n) is 2.04. The highest BCUT2D eigenvalue weighted by atomic mass is 16.6. The van der Waals surface area contributed by atoms with Crippen LogP contribution in [-0.4, -0.2) is 33.8 Å². The lowest BCUT2D eigenvalue weighted by Gasteiger charge is -2.24. The molecule has 1 aromatic carbocycles. The summed E-state index contributed by atoms with van der Waals surface area (Å²) in [4.78, 5) is 13.6. The predicted molar refractivity (Wildman–Crippen MR) is 90.1 cm³/mol. The van der Waals surface area contributed by atoms with E-state index in [1.54, 1.807) is 18.1 Å². The summed E-state index contributed by atoms with van der Waals surface area (Å²) >= 11 is 0. The highest BCUT2D eigenvalue weighted by Crippen LogP contribution is 2.15. The lowest BCUT2D eigenvalue weighted by Crippen LogP contribution is -2.33. The first kappa shape index (κ1) is 16.9. The molecule has 0 saturated heterocycles. The molecule has 6 heteroatoms. The van der Waals surface area contributed by atoms with Gasteiger partial charge in [0.05, 0.1) is 12.2 Å². The van der Waals surface area contributed by atoms with Crippen LogP contribution in [0.3, 0.4) is 0 Å². The first-order chi connectivity index (χ1) is 10.8. The van der Waals surface area contributed by atoms with Crippen molar-refractivity contribution in [2.24, 2.45) is 0 Å². The van der Waals surface area contributed by atoms with Crippen LogP contribution in [0.5, 0.6) is 0 Å². The second-order valence-corrected chi connectivity index (χ2v) is 6.47. The van der Waals surface area contributed by atoms with Crippen molar-refractivity contribution in [2.45, 2.75) is 39.5 Å². The number of aromatic amines is 1. The third kappa shape index (κ3) is 5.65. The molecule has 0 aliphatic heterocycles. The minimum atomic E-state index is -0.487. The Morgan fingerprint density at radius 1 is 1.35 bits per heavy atom. The van der Waals surface area contributed by atoms with Crippen molar-refractivity contribution in [2.75, 3.05) is 12.4 Å². The molecule has 1 aromatic heterocycles. The quantitative estimate of drug-likeness (QED) is 0.887. The molecule has 0 spiro atoms. The van der Waals surface area contributed by atoms with Crippen LogP contribution < -0.4 is 5.32 Å². The second kappa shape index (κ2) is 7.17. The molecule has 2 N–H and O–H groups in total. The first-order valence-electron chi connectivity index (χ1n) is 7.59. The Morgan fingerprint density at radius 3 is 2.78 bits per heavy atom. The maximum absolute atomic E-state index is 12.0. The van der Waals surface area contributed by atoms with Crippen LogP contribution >= 0.6 is 0 Å². The van der Waals surface area contributed by atoms with Crippen molar-refractivity contribution < 1.29 is 9.53 Å². The summed E-state index contributed by atoms with van der Waals surface area (Å²) in [7, 11) is 1.73. The number of anilines is 1. The standard InChI is InChI=1S/C17H24N4O2/c1-17(2,3)23-16(22)21(4)12-13-6-5-7-14(10-13)18-11-15-8-9-19-20-15/h5-10,18H,11-12H2,1-4H3,(H,19,20). The van der Waals surface area contributed by atoms with Crippen LogP contribution in [0.25, 0.3) is 0 Å². The van der Waals surface area contributed by atoms with Crippen LogP contribution in [0.1, 0.15) is 32.0 Å². The van der Waals surface area contributed by atoms with E-state index in [9.17, 15) is 4.79 Å². The highest BCUT2D eigenvalue weighted by Gasteiger charge is 2.19. The number of ether oxygens (including phenoxy) is 1. The van der Waals surface area contributed by atoms with E-state index in [1.165, 1.54) is 0 Å². The van der Waals surface area contributed by atoms with E-state index in [4.69, 9.17) is 4.74 Å². The van der Waals surface area contributed by atoms with Gasteiger partial charge in [0.2, 0.25) is 0 Å². The van der Waals surface area contributed by atoms with Gasteiger partial charge >= 0.3 is 6.09 Å². The number of amides is 1. The van der Waals surface area contributed by atoms with E-state index in [0.29, 0.717) is 13.1 Å². The van der Waals surface area contributed by atoms with Crippen LogP contribution in [-0.2, 0) is 17.8 Å². The Morgan fingerprint density at radius 2 is 2.13 bits per heavy atom. The molecule has 0 atom stereocenters. The Bertz CT molecular complexity index is 632. The molecule has 2 aromatic rings. The van der Waals surface area contributed by atoms with Crippen molar-refractivity contribution in [3.05, 3.63) is 47.8 Å². The third-order valence-electron chi connectivity index (χ3n) is 3.09. The van der Waals surface area contributed by atoms with E-state index < -0.39 is 5.60 Å². The zero-order valence-corrected chi connectivity index (χ0v) is 14.1. The van der Waals surface area contributed by atoms with Gasteiger partial charge in [-0.25, -0.2) is 4.79 Å². The van der Waals surface area contributed by atoms with E-state index in [2.05, 4.69) is 15.5 Å². The van der Waals surface area contributed by atoms with E-state index in [1.807, 2.05) is 51.1 Å². The molecule has 23 heavy (non-hydrogen) atoms. The van der Waals surface area contributed by atoms with Gasteiger partial charge in [0.15, 0.2) is 0 Å². The molecule has 0 saturated carbocycles. The molecule has 1 heterocycles. The lowest BCUT2D eigenvalue weighted by atomic mass is 10.2. The van der Waals surface area contributed by atoms with Crippen molar-refractivity contribution in [1.29, 1.82) is 0 Å². The average molecular weight is 316 g/mol. The summed E-state index contributed by atoms with van der Waals surface area (Å²) in [5.74, 6) is 0. The number of nitrogens with zero attached hydrogens (tertiary/aromatic N) is 2. The van der Waals surface area contributed by atoms with Gasteiger partial charge in [-0.15, -0.1) is 0 Å². The number of rotatable bonds is 5. The van der Waals surface area contributed by atoms with Gasteiger partial charge in [-0.05, 0) is 44.5 Å². The van der Waals surface area contributed by atoms with Gasteiger partial charge in [-0.1, -0.05) is 12.1 Å². The molecule has 0 unspecified atom stereocenters. The summed E-state index contributed by atoms with van der Waals surface area (Å²) in [6.07, 6.45) is 1.40. The third-order valence-corrected chi connectivity index (χ3v) is 3.09. The molecular weight excluding hydrogens is 292 g/mol. The molecule has 0 aliphatic rings. The fraction of sp³-hybridized carbons (Fsp3) is 0.412. The topological polar surface area (TPSA) is 70.2 Å². The van der Waals surface area contributed by atoms with Gasteiger partial charge in [-0.2, -0.15) is 5.10 Å². The van der Waals surface area contributed by atoms with Crippen molar-refractivity contribution >= 4 is 11.8 Å². The monoisotopic (exact) mass is 316 g/mol. The molecule has 124 valence electrons. The summed E-state index contributed by atoms with van der Waals surface area (Å²) in [5, 5.41) is 10.1. The van der Waals surface area contributed by atoms with Crippen molar-refractivity contribution in [3.63, 3.8) is 0 Å². The summed E-state index contributed by atoms with van der Waals surface area (Å²) < 4.78 is 5.36. The molecule has 0 aliphatic carbocycles. The molecule has 2 rings (SSSR count). The van der Waals surface area contributed by atoms with Crippen molar-refractivity contribution in [3.8, 4) is 0 Å². The Hall–Kier alpha value is -2.50. The smallest absolute Gasteiger partial charge is 0.410 e. The number of hydrogen-bond acceptors (Lipinski definition) is 4. The number of carbonyl (C=O) groups is 1. The average Bonchev–Trinajstić information content (AvgIpc) is 2.97. The molecule has 0 radical (unpaired) electrons. The fourth-order valence-corrected chi connectivity index (χ4v) is 2.04. The predicted octanol–water partition coefficient (Wildman–Crippen LogP) is 3.39. The summed E-state index contributed by atoms with van der Waals surface area (Å²) in [6, 6.07) is 9.90. The normalized spacial score (nSPS) is 11.1. The van der Waals surface area contributed by atoms with E-state index >= 15 is 0 Å². The SMILES string of the molecule is CN(Cc1cccc(NCc2ccn[nH]2)c1)C(=O)OC(C)(C)C. The Labute approximate surface area is 136 Å². The highest BCUT2D eigenvalue weighted by molar-refractivity contribution is 5.67. The minimum absolute atomic E-state index is 0.326. The van der Waals surface area contributed by atoms with Crippen LogP contribution in [0.15, 0.2) is 36.5 Å². The number of nitrogens with one attached hydrogen (secondary N) is 2. The largest absolute Gasteiger partial charge is 0.444 e. The number of carbonyl (C=O) groups excluding carboxylic acids is 1. The molecular formula is C17H24N4O2. The number of H-pyrrole nitrogens is 1.